The van der Waals surface area contributed by atoms with E-state index in [2.05, 4.69) is 5.32 Å². The maximum Gasteiger partial charge on any atom is 0.255 e. The molecule has 0 bridgehead atoms. The van der Waals surface area contributed by atoms with Crippen molar-refractivity contribution in [1.82, 2.24) is 0 Å². The van der Waals surface area contributed by atoms with E-state index in [9.17, 15) is 18.4 Å². The van der Waals surface area contributed by atoms with Crippen molar-refractivity contribution in [2.24, 2.45) is 0 Å². The van der Waals surface area contributed by atoms with Gasteiger partial charge in [-0.15, -0.1) is 11.8 Å². The van der Waals surface area contributed by atoms with Crippen LogP contribution >= 0.6 is 11.8 Å². The molecule has 0 aliphatic rings. The van der Waals surface area contributed by atoms with E-state index in [1.165, 1.54) is 17.8 Å². The summed E-state index contributed by atoms with van der Waals surface area (Å²) in [5.74, 6) is -2.21. The first-order valence-corrected chi connectivity index (χ1v) is 9.09. The van der Waals surface area contributed by atoms with E-state index in [4.69, 9.17) is 0 Å². The van der Waals surface area contributed by atoms with Crippen LogP contribution in [0.5, 0.6) is 0 Å². The van der Waals surface area contributed by atoms with Gasteiger partial charge in [-0.1, -0.05) is 36.4 Å². The summed E-state index contributed by atoms with van der Waals surface area (Å²) in [6, 6.07) is 18.9. The van der Waals surface area contributed by atoms with E-state index in [1.54, 1.807) is 48.5 Å². The molecule has 0 unspecified atom stereocenters. The second-order valence-electron chi connectivity index (χ2n) is 5.69. The molecule has 1 N–H and O–H groups in total. The van der Waals surface area contributed by atoms with Crippen LogP contribution < -0.4 is 5.32 Å². The summed E-state index contributed by atoms with van der Waals surface area (Å²) in [5, 5.41) is 2.52. The minimum absolute atomic E-state index is 0.00255. The molecule has 0 heterocycles. The van der Waals surface area contributed by atoms with Gasteiger partial charge in [-0.25, -0.2) is 8.78 Å². The van der Waals surface area contributed by atoms with Gasteiger partial charge in [0.25, 0.3) is 5.91 Å². The number of anilines is 1. The first-order chi connectivity index (χ1) is 13.0. The fourth-order valence-corrected chi connectivity index (χ4v) is 3.21. The van der Waals surface area contributed by atoms with Gasteiger partial charge in [-0.2, -0.15) is 0 Å². The molecular weight excluding hydrogens is 368 g/mol. The number of carbonyl (C=O) groups excluding carboxylic acids is 2. The minimum atomic E-state index is -1.03. The summed E-state index contributed by atoms with van der Waals surface area (Å²) >= 11 is 1.33. The number of hydrogen-bond acceptors (Lipinski definition) is 3. The van der Waals surface area contributed by atoms with Crippen LogP contribution in [0.25, 0.3) is 0 Å². The van der Waals surface area contributed by atoms with Gasteiger partial charge in [-0.05, 0) is 30.3 Å². The van der Waals surface area contributed by atoms with E-state index in [1.807, 2.05) is 6.07 Å². The molecule has 0 saturated carbocycles. The van der Waals surface area contributed by atoms with Crippen molar-refractivity contribution in [3.05, 3.63) is 95.6 Å². The number of Topliss-reactive ketones (excluding diaryl/α,β-unsaturated/α-hetero) is 1. The van der Waals surface area contributed by atoms with Gasteiger partial charge in [0, 0.05) is 27.8 Å². The normalized spacial score (nSPS) is 10.4. The number of carbonyl (C=O) groups is 2. The van der Waals surface area contributed by atoms with Crippen LogP contribution in [0, 0.1) is 11.6 Å². The Bertz CT molecular complexity index is 977. The van der Waals surface area contributed by atoms with E-state index >= 15 is 0 Å². The molecule has 0 saturated heterocycles. The number of amides is 1. The van der Waals surface area contributed by atoms with Crippen LogP contribution in [0.4, 0.5) is 14.5 Å². The summed E-state index contributed by atoms with van der Waals surface area (Å²) in [6.45, 7) is 0. The third kappa shape index (κ3) is 5.01. The van der Waals surface area contributed by atoms with Gasteiger partial charge in [0.15, 0.2) is 17.4 Å². The Morgan fingerprint density at radius 1 is 0.815 bits per heavy atom. The lowest BCUT2D eigenvalue weighted by atomic mass is 10.2. The monoisotopic (exact) mass is 383 g/mol. The van der Waals surface area contributed by atoms with Gasteiger partial charge in [0.05, 0.1) is 5.75 Å². The van der Waals surface area contributed by atoms with Gasteiger partial charge >= 0.3 is 0 Å². The standard InChI is InChI=1S/C21H15F2NO2S/c22-18-10-9-16(12-19(18)23)24-21(26)15-7-4-8-17(11-15)27-13-20(25)14-5-2-1-3-6-14/h1-12H,13H2,(H,24,26). The molecule has 1 amide bonds. The van der Waals surface area contributed by atoms with Crippen molar-refractivity contribution in [1.29, 1.82) is 0 Å². The number of halogens is 2. The second kappa shape index (κ2) is 8.60. The lowest BCUT2D eigenvalue weighted by molar-refractivity contribution is 0.101. The fourth-order valence-electron chi connectivity index (χ4n) is 2.36. The maximum absolute atomic E-state index is 13.3. The van der Waals surface area contributed by atoms with Crippen LogP contribution in [-0.2, 0) is 0 Å². The average molecular weight is 383 g/mol. The second-order valence-corrected chi connectivity index (χ2v) is 6.74. The number of hydrogen-bond donors (Lipinski definition) is 1. The zero-order valence-electron chi connectivity index (χ0n) is 14.1. The number of ketones is 1. The van der Waals surface area contributed by atoms with Crippen molar-refractivity contribution in [3.63, 3.8) is 0 Å². The molecule has 0 spiro atoms. The summed E-state index contributed by atoms with van der Waals surface area (Å²) < 4.78 is 26.2. The van der Waals surface area contributed by atoms with Crippen molar-refractivity contribution in [2.45, 2.75) is 4.90 Å². The molecule has 0 aliphatic carbocycles. The third-order valence-corrected chi connectivity index (χ3v) is 4.73. The van der Waals surface area contributed by atoms with Gasteiger partial charge < -0.3 is 5.32 Å². The Morgan fingerprint density at radius 3 is 2.30 bits per heavy atom. The molecule has 0 atom stereocenters. The SMILES string of the molecule is O=C(CSc1cccc(C(=O)Nc2ccc(F)c(F)c2)c1)c1ccccc1. The van der Waals surface area contributed by atoms with Crippen LogP contribution in [-0.4, -0.2) is 17.4 Å². The first kappa shape index (κ1) is 18.8. The highest BCUT2D eigenvalue weighted by atomic mass is 32.2. The molecule has 136 valence electrons. The lowest BCUT2D eigenvalue weighted by Crippen LogP contribution is -2.12. The molecular formula is C21H15F2NO2S. The first-order valence-electron chi connectivity index (χ1n) is 8.10. The highest BCUT2D eigenvalue weighted by molar-refractivity contribution is 8.00. The van der Waals surface area contributed by atoms with Crippen LogP contribution in [0.1, 0.15) is 20.7 Å². The Morgan fingerprint density at radius 2 is 1.56 bits per heavy atom. The van der Waals surface area contributed by atoms with E-state index in [0.717, 1.165) is 17.0 Å². The number of benzene rings is 3. The highest BCUT2D eigenvalue weighted by Gasteiger charge is 2.11. The van der Waals surface area contributed by atoms with Gasteiger partial charge in [0.1, 0.15) is 0 Å². The largest absolute Gasteiger partial charge is 0.322 e. The number of nitrogens with one attached hydrogen (secondary N) is 1. The Balaban J connectivity index is 1.65. The topological polar surface area (TPSA) is 46.2 Å². The molecule has 3 nitrogen and oxygen atoms in total. The van der Waals surface area contributed by atoms with Gasteiger partial charge in [0.2, 0.25) is 0 Å². The maximum atomic E-state index is 13.3. The molecule has 27 heavy (non-hydrogen) atoms. The lowest BCUT2D eigenvalue weighted by Gasteiger charge is -2.07. The van der Waals surface area contributed by atoms with Crippen LogP contribution in [0.2, 0.25) is 0 Å². The van der Waals surface area contributed by atoms with Crippen molar-refractivity contribution >= 4 is 29.1 Å². The molecule has 6 heteroatoms. The summed E-state index contributed by atoms with van der Waals surface area (Å²) in [6.07, 6.45) is 0. The van der Waals surface area contributed by atoms with E-state index in [0.29, 0.717) is 11.1 Å². The highest BCUT2D eigenvalue weighted by Crippen LogP contribution is 2.21. The number of thioether (sulfide) groups is 1. The van der Waals surface area contributed by atoms with Crippen molar-refractivity contribution < 1.29 is 18.4 Å². The average Bonchev–Trinajstić information content (AvgIpc) is 2.70. The Kier molecular flexibility index (Phi) is 5.98. The minimum Gasteiger partial charge on any atom is -0.322 e. The molecule has 0 aromatic heterocycles. The summed E-state index contributed by atoms with van der Waals surface area (Å²) in [4.78, 5) is 25.3. The third-order valence-electron chi connectivity index (χ3n) is 3.74. The Labute approximate surface area is 159 Å². The quantitative estimate of drug-likeness (QED) is 0.471. The molecule has 0 fully saturated rings. The Hall–Kier alpha value is -2.99. The molecule has 0 aliphatic heterocycles. The predicted octanol–water partition coefficient (Wildman–Crippen LogP) is 5.19. The zero-order chi connectivity index (χ0) is 19.2. The molecule has 3 aromatic carbocycles. The summed E-state index contributed by atoms with van der Waals surface area (Å²) in [7, 11) is 0. The van der Waals surface area contributed by atoms with E-state index < -0.39 is 17.5 Å². The number of rotatable bonds is 6. The van der Waals surface area contributed by atoms with E-state index in [-0.39, 0.29) is 17.2 Å². The van der Waals surface area contributed by atoms with Crippen LogP contribution in [0.15, 0.2) is 77.7 Å². The molecule has 0 radical (unpaired) electrons. The smallest absolute Gasteiger partial charge is 0.255 e. The molecule has 3 rings (SSSR count). The fraction of sp³-hybridized carbons (Fsp3) is 0.0476. The predicted molar refractivity (Wildman–Crippen MR) is 102 cm³/mol. The summed E-state index contributed by atoms with van der Waals surface area (Å²) in [5.41, 5.74) is 1.16. The van der Waals surface area contributed by atoms with Gasteiger partial charge in [-0.3, -0.25) is 9.59 Å². The van der Waals surface area contributed by atoms with Crippen molar-refractivity contribution in [2.75, 3.05) is 11.1 Å². The molecule has 3 aromatic rings. The van der Waals surface area contributed by atoms with Crippen LogP contribution in [0.3, 0.4) is 0 Å². The van der Waals surface area contributed by atoms with Crippen molar-refractivity contribution in [3.8, 4) is 0 Å². The zero-order valence-corrected chi connectivity index (χ0v) is 14.9.